The second-order valence-corrected chi connectivity index (χ2v) is 3.86. The molecular weight excluding hydrogens is 218 g/mol. The molecule has 1 aromatic rings. The zero-order valence-electron chi connectivity index (χ0n) is 7.62. The zero-order valence-corrected chi connectivity index (χ0v) is 8.44. The molecule has 5 nitrogen and oxygen atoms in total. The van der Waals surface area contributed by atoms with Gasteiger partial charge in [0.15, 0.2) is 0 Å². The van der Waals surface area contributed by atoms with Crippen LogP contribution in [0.15, 0.2) is 11.4 Å². The van der Waals surface area contributed by atoms with Crippen molar-refractivity contribution in [3.05, 3.63) is 21.9 Å². The highest BCUT2D eigenvalue weighted by Crippen LogP contribution is 2.25. The Kier molecular flexibility index (Phi) is 3.80. The summed E-state index contributed by atoms with van der Waals surface area (Å²) in [6.45, 7) is 0. The molecule has 0 saturated carbocycles. The fraction of sp³-hybridized carbons (Fsp3) is 0.333. The van der Waals surface area contributed by atoms with Crippen molar-refractivity contribution in [2.45, 2.75) is 18.6 Å². The van der Waals surface area contributed by atoms with E-state index < -0.39 is 18.2 Å². The van der Waals surface area contributed by atoms with Crippen LogP contribution in [0, 0.1) is 11.3 Å². The highest BCUT2D eigenvalue weighted by molar-refractivity contribution is 7.10. The Morgan fingerprint density at radius 3 is 2.73 bits per heavy atom. The third kappa shape index (κ3) is 2.76. The van der Waals surface area contributed by atoms with E-state index in [0.717, 1.165) is 11.3 Å². The topological polar surface area (TPSA) is 102 Å². The van der Waals surface area contributed by atoms with Gasteiger partial charge in [-0.15, -0.1) is 11.3 Å². The molecule has 2 atom stereocenters. The Morgan fingerprint density at radius 1 is 1.60 bits per heavy atom. The lowest BCUT2D eigenvalue weighted by molar-refractivity contribution is 0.0238. The number of carboxylic acid groups (broad SMARTS) is 1. The van der Waals surface area contributed by atoms with Gasteiger partial charge in [-0.05, 0) is 6.07 Å². The molecule has 3 N–H and O–H groups in total. The van der Waals surface area contributed by atoms with Crippen molar-refractivity contribution in [3.8, 4) is 6.07 Å². The predicted octanol–water partition coefficient (Wildman–Crippen LogP) is 0.754. The molecule has 6 heteroatoms. The number of nitrogens with zero attached hydrogens (tertiary/aromatic N) is 1. The molecule has 0 aliphatic rings. The number of aliphatic hydroxyl groups excluding tert-OH is 2. The van der Waals surface area contributed by atoms with E-state index in [1.54, 1.807) is 6.07 Å². The Hall–Kier alpha value is -1.42. The minimum absolute atomic E-state index is 0.0678. The number of carbonyl (C=O) groups is 1. The van der Waals surface area contributed by atoms with Crippen molar-refractivity contribution in [2.75, 3.05) is 0 Å². The molecule has 0 amide bonds. The smallest absolute Gasteiger partial charge is 0.336 e. The highest BCUT2D eigenvalue weighted by Gasteiger charge is 2.20. The average Bonchev–Trinajstić information content (AvgIpc) is 2.65. The first-order valence-electron chi connectivity index (χ1n) is 4.11. The van der Waals surface area contributed by atoms with E-state index in [0.29, 0.717) is 4.88 Å². The van der Waals surface area contributed by atoms with Crippen LogP contribution in [0.2, 0.25) is 0 Å². The summed E-state index contributed by atoms with van der Waals surface area (Å²) in [5, 5.41) is 37.2. The molecule has 0 bridgehead atoms. The highest BCUT2D eigenvalue weighted by atomic mass is 32.1. The lowest BCUT2D eigenvalue weighted by atomic mass is 10.1. The van der Waals surface area contributed by atoms with Gasteiger partial charge >= 0.3 is 5.97 Å². The van der Waals surface area contributed by atoms with Crippen LogP contribution in [0.3, 0.4) is 0 Å². The quantitative estimate of drug-likeness (QED) is 0.704. The second kappa shape index (κ2) is 4.89. The zero-order chi connectivity index (χ0) is 11.4. The van der Waals surface area contributed by atoms with Crippen molar-refractivity contribution in [1.82, 2.24) is 0 Å². The van der Waals surface area contributed by atoms with Crippen molar-refractivity contribution in [2.24, 2.45) is 0 Å². The number of nitriles is 1. The predicted molar refractivity (Wildman–Crippen MR) is 52.5 cm³/mol. The minimum atomic E-state index is -1.21. The van der Waals surface area contributed by atoms with Crippen LogP contribution in [-0.4, -0.2) is 27.4 Å². The molecule has 1 rings (SSSR count). The van der Waals surface area contributed by atoms with E-state index in [-0.39, 0.29) is 12.0 Å². The van der Waals surface area contributed by atoms with Crippen LogP contribution in [0.5, 0.6) is 0 Å². The van der Waals surface area contributed by atoms with Crippen molar-refractivity contribution < 1.29 is 20.1 Å². The Balaban J connectivity index is 2.78. The normalized spacial score (nSPS) is 14.2. The minimum Gasteiger partial charge on any atom is -0.478 e. The number of hydrogen-bond acceptors (Lipinski definition) is 5. The van der Waals surface area contributed by atoms with Crippen LogP contribution in [0.25, 0.3) is 0 Å². The fourth-order valence-corrected chi connectivity index (χ4v) is 1.94. The van der Waals surface area contributed by atoms with Gasteiger partial charge in [-0.25, -0.2) is 4.79 Å². The summed E-state index contributed by atoms with van der Waals surface area (Å²) in [5.41, 5.74) is 0.0678. The molecule has 15 heavy (non-hydrogen) atoms. The molecule has 0 aliphatic carbocycles. The lowest BCUT2D eigenvalue weighted by Gasteiger charge is -2.12. The summed E-state index contributed by atoms with van der Waals surface area (Å²) in [6, 6.07) is 3.02. The SMILES string of the molecule is N#CCC(O)C(O)c1cc(C(=O)O)cs1. The first-order valence-corrected chi connectivity index (χ1v) is 4.99. The standard InChI is InChI=1S/C9H9NO4S/c10-2-1-6(11)8(12)7-3-5(4-15-7)9(13)14/h3-4,6,8,11-12H,1H2,(H,13,14). The van der Waals surface area contributed by atoms with E-state index in [2.05, 4.69) is 0 Å². The van der Waals surface area contributed by atoms with Crippen LogP contribution in [0.4, 0.5) is 0 Å². The van der Waals surface area contributed by atoms with Crippen LogP contribution in [0.1, 0.15) is 27.8 Å². The molecule has 0 spiro atoms. The molecule has 0 aliphatic heterocycles. The third-order valence-electron chi connectivity index (χ3n) is 1.82. The number of thiophene rings is 1. The molecule has 0 radical (unpaired) electrons. The van der Waals surface area contributed by atoms with Crippen molar-refractivity contribution >= 4 is 17.3 Å². The third-order valence-corrected chi connectivity index (χ3v) is 2.83. The molecule has 0 fully saturated rings. The van der Waals surface area contributed by atoms with Gasteiger partial charge in [-0.1, -0.05) is 0 Å². The monoisotopic (exact) mass is 227 g/mol. The number of rotatable bonds is 4. The molecule has 2 unspecified atom stereocenters. The molecule has 0 aromatic carbocycles. The van der Waals surface area contributed by atoms with Gasteiger partial charge in [0.1, 0.15) is 6.10 Å². The molecule has 1 aromatic heterocycles. The maximum absolute atomic E-state index is 10.5. The van der Waals surface area contributed by atoms with Crippen molar-refractivity contribution in [3.63, 3.8) is 0 Å². The van der Waals surface area contributed by atoms with E-state index in [1.165, 1.54) is 11.4 Å². The second-order valence-electron chi connectivity index (χ2n) is 2.92. The summed E-state index contributed by atoms with van der Waals surface area (Å²) in [5.74, 6) is -1.08. The first kappa shape index (κ1) is 11.7. The van der Waals surface area contributed by atoms with E-state index in [1.807, 2.05) is 0 Å². The summed E-state index contributed by atoms with van der Waals surface area (Å²) in [6.07, 6.45) is -2.58. The summed E-state index contributed by atoms with van der Waals surface area (Å²) >= 11 is 1.04. The Bertz CT molecular complexity index is 395. The number of hydrogen-bond donors (Lipinski definition) is 3. The van der Waals surface area contributed by atoms with Crippen LogP contribution in [-0.2, 0) is 0 Å². The average molecular weight is 227 g/mol. The molecule has 1 heterocycles. The maximum atomic E-state index is 10.5. The molecular formula is C9H9NO4S. The van der Waals surface area contributed by atoms with Gasteiger partial charge in [-0.2, -0.15) is 5.26 Å². The summed E-state index contributed by atoms with van der Waals surface area (Å²) in [7, 11) is 0. The fourth-order valence-electron chi connectivity index (χ4n) is 1.01. The molecule has 0 saturated heterocycles. The lowest BCUT2D eigenvalue weighted by Crippen LogP contribution is -2.16. The number of carboxylic acids is 1. The maximum Gasteiger partial charge on any atom is 0.336 e. The summed E-state index contributed by atoms with van der Waals surface area (Å²) < 4.78 is 0. The van der Waals surface area contributed by atoms with Gasteiger partial charge in [0, 0.05) is 10.3 Å². The van der Waals surface area contributed by atoms with Gasteiger partial charge < -0.3 is 15.3 Å². The van der Waals surface area contributed by atoms with E-state index >= 15 is 0 Å². The first-order chi connectivity index (χ1) is 7.06. The van der Waals surface area contributed by atoms with Gasteiger partial charge in [0.2, 0.25) is 0 Å². The van der Waals surface area contributed by atoms with Gasteiger partial charge in [0.05, 0.1) is 24.2 Å². The Labute approximate surface area is 89.8 Å². The van der Waals surface area contributed by atoms with E-state index in [4.69, 9.17) is 10.4 Å². The van der Waals surface area contributed by atoms with E-state index in [9.17, 15) is 15.0 Å². The van der Waals surface area contributed by atoms with Gasteiger partial charge in [-0.3, -0.25) is 0 Å². The largest absolute Gasteiger partial charge is 0.478 e. The van der Waals surface area contributed by atoms with Gasteiger partial charge in [0.25, 0.3) is 0 Å². The van der Waals surface area contributed by atoms with Crippen LogP contribution < -0.4 is 0 Å². The number of aromatic carboxylic acids is 1. The molecule has 80 valence electrons. The Morgan fingerprint density at radius 2 is 2.27 bits per heavy atom. The van der Waals surface area contributed by atoms with Crippen molar-refractivity contribution in [1.29, 1.82) is 5.26 Å². The van der Waals surface area contributed by atoms with Crippen LogP contribution >= 0.6 is 11.3 Å². The number of aliphatic hydroxyl groups is 2. The summed E-state index contributed by atoms with van der Waals surface area (Å²) in [4.78, 5) is 10.9.